The number of hydrogen-bond acceptors (Lipinski definition) is 3. The fraction of sp³-hybridized carbons (Fsp3) is 0.533. The minimum absolute atomic E-state index is 0.00762. The molecule has 1 aromatic rings. The van der Waals surface area contributed by atoms with Crippen LogP contribution in [0.4, 0.5) is 13.2 Å². The highest BCUT2D eigenvalue weighted by Gasteiger charge is 2.44. The zero-order valence-corrected chi connectivity index (χ0v) is 12.1. The highest BCUT2D eigenvalue weighted by Crippen LogP contribution is 2.32. The lowest BCUT2D eigenvalue weighted by Gasteiger charge is -2.34. The Bertz CT molecular complexity index is 551. The molecule has 1 amide bonds. The summed E-state index contributed by atoms with van der Waals surface area (Å²) in [6.07, 6.45) is -6.76. The van der Waals surface area contributed by atoms with E-state index in [2.05, 4.69) is 0 Å². The van der Waals surface area contributed by atoms with Gasteiger partial charge in [0, 0.05) is 18.7 Å². The maximum atomic E-state index is 12.5. The number of carbonyl (C=O) groups excluding carboxylic acids is 1. The Hall–Kier alpha value is -1.76. The molecule has 1 fully saturated rings. The van der Waals surface area contributed by atoms with Gasteiger partial charge in [-0.2, -0.15) is 13.2 Å². The maximum absolute atomic E-state index is 12.5. The Kier molecular flexibility index (Phi) is 4.65. The van der Waals surface area contributed by atoms with Crippen LogP contribution in [0, 0.1) is 12.8 Å². The van der Waals surface area contributed by atoms with Gasteiger partial charge in [-0.1, -0.05) is 6.07 Å². The third kappa shape index (κ3) is 3.52. The first-order chi connectivity index (χ1) is 10.2. The normalized spacial score (nSPS) is 18.3. The molecule has 0 aliphatic carbocycles. The number of alkyl halides is 3. The summed E-state index contributed by atoms with van der Waals surface area (Å²) in [5, 5.41) is 18.9. The number of carbonyl (C=O) groups is 1. The predicted molar refractivity (Wildman–Crippen MR) is 73.5 cm³/mol. The Balaban J connectivity index is 1.99. The number of aliphatic hydroxyl groups excluding tert-OH is 1. The van der Waals surface area contributed by atoms with Gasteiger partial charge in [0.15, 0.2) is 6.10 Å². The summed E-state index contributed by atoms with van der Waals surface area (Å²) in [5.74, 6) is -1.20. The van der Waals surface area contributed by atoms with Crippen molar-refractivity contribution >= 4 is 5.91 Å². The Morgan fingerprint density at radius 3 is 2.41 bits per heavy atom. The Morgan fingerprint density at radius 2 is 1.91 bits per heavy atom. The molecule has 2 rings (SSSR count). The van der Waals surface area contributed by atoms with E-state index in [1.807, 2.05) is 0 Å². The van der Waals surface area contributed by atoms with Crippen LogP contribution in [0.25, 0.3) is 0 Å². The summed E-state index contributed by atoms with van der Waals surface area (Å²) in [5.41, 5.74) is 0.946. The van der Waals surface area contributed by atoms with Gasteiger partial charge >= 0.3 is 6.18 Å². The number of piperidine rings is 1. The van der Waals surface area contributed by atoms with Crippen LogP contribution < -0.4 is 0 Å². The van der Waals surface area contributed by atoms with Crippen LogP contribution in [0.5, 0.6) is 5.75 Å². The second-order valence-electron chi connectivity index (χ2n) is 5.62. The molecule has 0 saturated carbocycles. The van der Waals surface area contributed by atoms with E-state index in [1.165, 1.54) is 11.0 Å². The molecule has 1 aromatic carbocycles. The van der Waals surface area contributed by atoms with Crippen molar-refractivity contribution in [2.75, 3.05) is 13.1 Å². The Morgan fingerprint density at radius 1 is 1.32 bits per heavy atom. The number of aromatic hydroxyl groups is 1. The summed E-state index contributed by atoms with van der Waals surface area (Å²) in [6, 6.07) is 4.55. The lowest BCUT2D eigenvalue weighted by molar-refractivity contribution is -0.222. The lowest BCUT2D eigenvalue weighted by atomic mass is 9.90. The number of benzene rings is 1. The molecule has 2 N–H and O–H groups in total. The molecule has 0 aromatic heterocycles. The molecular weight excluding hydrogens is 299 g/mol. The molecule has 122 valence electrons. The van der Waals surface area contributed by atoms with Gasteiger partial charge < -0.3 is 15.1 Å². The summed E-state index contributed by atoms with van der Waals surface area (Å²) in [7, 11) is 0. The number of phenols is 1. The van der Waals surface area contributed by atoms with Crippen molar-refractivity contribution in [2.24, 2.45) is 5.92 Å². The number of aliphatic hydroxyl groups is 1. The molecule has 0 spiro atoms. The van der Waals surface area contributed by atoms with Gasteiger partial charge in [-0.25, -0.2) is 0 Å². The van der Waals surface area contributed by atoms with Crippen molar-refractivity contribution in [3.05, 3.63) is 29.3 Å². The van der Waals surface area contributed by atoms with Crippen molar-refractivity contribution in [1.82, 2.24) is 4.90 Å². The molecule has 1 aliphatic rings. The number of likely N-dealkylation sites (tertiary alicyclic amines) is 1. The number of hydrogen-bond donors (Lipinski definition) is 2. The average Bonchev–Trinajstić information content (AvgIpc) is 2.48. The van der Waals surface area contributed by atoms with Gasteiger partial charge in [-0.05, 0) is 43.4 Å². The lowest BCUT2D eigenvalue weighted by Crippen LogP contribution is -2.45. The van der Waals surface area contributed by atoms with E-state index in [0.717, 1.165) is 0 Å². The minimum Gasteiger partial charge on any atom is -0.508 e. The van der Waals surface area contributed by atoms with Crippen LogP contribution in [0.2, 0.25) is 0 Å². The first kappa shape index (κ1) is 16.6. The van der Waals surface area contributed by atoms with E-state index in [-0.39, 0.29) is 37.6 Å². The summed E-state index contributed by atoms with van der Waals surface area (Å²) < 4.78 is 37.4. The number of phenolic OH excluding ortho intramolecular Hbond substituents is 1. The largest absolute Gasteiger partial charge is 0.508 e. The molecule has 1 saturated heterocycles. The standard InChI is InChI=1S/C15H18F3NO3/c1-9-2-3-11(8-12(9)20)14(22)19-6-4-10(5-7-19)13(21)15(16,17)18/h2-3,8,10,13,20-21H,4-7H2,1H3. The topological polar surface area (TPSA) is 60.8 Å². The van der Waals surface area contributed by atoms with E-state index in [4.69, 9.17) is 0 Å². The zero-order chi connectivity index (χ0) is 16.5. The number of amides is 1. The van der Waals surface area contributed by atoms with Crippen LogP contribution >= 0.6 is 0 Å². The quantitative estimate of drug-likeness (QED) is 0.881. The molecular formula is C15H18F3NO3. The van der Waals surface area contributed by atoms with Gasteiger partial charge in [0.1, 0.15) is 5.75 Å². The Labute approximate surface area is 126 Å². The van der Waals surface area contributed by atoms with Crippen molar-refractivity contribution in [2.45, 2.75) is 32.0 Å². The molecule has 1 unspecified atom stereocenters. The van der Waals surface area contributed by atoms with Crippen LogP contribution in [0.3, 0.4) is 0 Å². The minimum atomic E-state index is -4.63. The monoisotopic (exact) mass is 317 g/mol. The van der Waals surface area contributed by atoms with Gasteiger partial charge in [-0.15, -0.1) is 0 Å². The molecule has 22 heavy (non-hydrogen) atoms. The van der Waals surface area contributed by atoms with Crippen LogP contribution in [0.1, 0.15) is 28.8 Å². The number of aryl methyl sites for hydroxylation is 1. The number of halogens is 3. The summed E-state index contributed by atoms with van der Waals surface area (Å²) in [6.45, 7) is 2.02. The van der Waals surface area contributed by atoms with Crippen molar-refractivity contribution < 1.29 is 28.2 Å². The van der Waals surface area contributed by atoms with E-state index < -0.39 is 18.2 Å². The van der Waals surface area contributed by atoms with Gasteiger partial charge in [0.2, 0.25) is 0 Å². The third-order valence-electron chi connectivity index (χ3n) is 4.06. The number of nitrogens with zero attached hydrogens (tertiary/aromatic N) is 1. The molecule has 1 aliphatic heterocycles. The highest BCUT2D eigenvalue weighted by molar-refractivity contribution is 5.94. The molecule has 1 atom stereocenters. The van der Waals surface area contributed by atoms with Gasteiger partial charge in [-0.3, -0.25) is 4.79 Å². The number of rotatable bonds is 2. The van der Waals surface area contributed by atoms with E-state index in [1.54, 1.807) is 19.1 Å². The van der Waals surface area contributed by atoms with E-state index >= 15 is 0 Å². The summed E-state index contributed by atoms with van der Waals surface area (Å²) in [4.78, 5) is 13.7. The molecule has 1 heterocycles. The van der Waals surface area contributed by atoms with Crippen LogP contribution in [0.15, 0.2) is 18.2 Å². The van der Waals surface area contributed by atoms with Gasteiger partial charge in [0.05, 0.1) is 0 Å². The van der Waals surface area contributed by atoms with E-state index in [0.29, 0.717) is 11.1 Å². The first-order valence-electron chi connectivity index (χ1n) is 7.04. The molecule has 0 radical (unpaired) electrons. The smallest absolute Gasteiger partial charge is 0.414 e. The average molecular weight is 317 g/mol. The fourth-order valence-electron chi connectivity index (χ4n) is 2.61. The summed E-state index contributed by atoms with van der Waals surface area (Å²) >= 11 is 0. The van der Waals surface area contributed by atoms with Crippen molar-refractivity contribution in [3.8, 4) is 5.75 Å². The van der Waals surface area contributed by atoms with Crippen molar-refractivity contribution in [3.63, 3.8) is 0 Å². The SMILES string of the molecule is Cc1ccc(C(=O)N2CCC(C(O)C(F)(F)F)CC2)cc1O. The predicted octanol–water partition coefficient (Wildman–Crippen LogP) is 2.48. The third-order valence-corrected chi connectivity index (χ3v) is 4.06. The van der Waals surface area contributed by atoms with Gasteiger partial charge in [0.25, 0.3) is 5.91 Å². The molecule has 4 nitrogen and oxygen atoms in total. The van der Waals surface area contributed by atoms with Crippen LogP contribution in [-0.4, -0.2) is 46.4 Å². The fourth-order valence-corrected chi connectivity index (χ4v) is 2.61. The zero-order valence-electron chi connectivity index (χ0n) is 12.1. The molecule has 0 bridgehead atoms. The highest BCUT2D eigenvalue weighted by atomic mass is 19.4. The first-order valence-corrected chi connectivity index (χ1v) is 7.04. The second kappa shape index (κ2) is 6.16. The second-order valence-corrected chi connectivity index (χ2v) is 5.62. The van der Waals surface area contributed by atoms with E-state index in [9.17, 15) is 28.2 Å². The van der Waals surface area contributed by atoms with Crippen molar-refractivity contribution in [1.29, 1.82) is 0 Å². The maximum Gasteiger partial charge on any atom is 0.414 e. The molecule has 7 heteroatoms. The van der Waals surface area contributed by atoms with Crippen LogP contribution in [-0.2, 0) is 0 Å².